The standard InChI is InChI=1S/C15H15Cl2N3S/c1-15(12-5-4-10(16)7-13(12)17)9-19-14(18)20(15)8-11-3-2-6-21-11/h2-7H,8-9H2,1H3,(H2,18,19). The Morgan fingerprint density at radius 3 is 2.86 bits per heavy atom. The summed E-state index contributed by atoms with van der Waals surface area (Å²) in [5.41, 5.74) is 6.74. The number of benzene rings is 1. The molecule has 1 aliphatic rings. The summed E-state index contributed by atoms with van der Waals surface area (Å²) in [6.45, 7) is 3.42. The highest BCUT2D eigenvalue weighted by Crippen LogP contribution is 2.38. The quantitative estimate of drug-likeness (QED) is 0.914. The Hall–Kier alpha value is -1.23. The highest BCUT2D eigenvalue weighted by atomic mass is 35.5. The van der Waals surface area contributed by atoms with Crippen LogP contribution in [-0.4, -0.2) is 17.4 Å². The highest BCUT2D eigenvalue weighted by Gasteiger charge is 2.40. The maximum absolute atomic E-state index is 6.39. The molecule has 0 fully saturated rings. The normalized spacial score (nSPS) is 21.7. The molecule has 2 heterocycles. The van der Waals surface area contributed by atoms with E-state index in [0.29, 0.717) is 22.5 Å². The maximum Gasteiger partial charge on any atom is 0.192 e. The van der Waals surface area contributed by atoms with Crippen LogP contribution in [0, 0.1) is 0 Å². The number of thiophene rings is 1. The van der Waals surface area contributed by atoms with Crippen molar-refractivity contribution in [2.45, 2.75) is 19.0 Å². The van der Waals surface area contributed by atoms with Gasteiger partial charge in [-0.05, 0) is 36.1 Å². The first-order chi connectivity index (χ1) is 10.0. The van der Waals surface area contributed by atoms with Crippen molar-refractivity contribution >= 4 is 40.5 Å². The van der Waals surface area contributed by atoms with Crippen molar-refractivity contribution in [3.8, 4) is 0 Å². The SMILES string of the molecule is CC1(c2ccc(Cl)cc2Cl)CN=C(N)N1Cc1cccs1. The van der Waals surface area contributed by atoms with Gasteiger partial charge in [0.05, 0.1) is 18.6 Å². The van der Waals surface area contributed by atoms with Crippen LogP contribution in [0.3, 0.4) is 0 Å². The highest BCUT2D eigenvalue weighted by molar-refractivity contribution is 7.09. The number of hydrogen-bond acceptors (Lipinski definition) is 4. The molecule has 1 aliphatic heterocycles. The van der Waals surface area contributed by atoms with Gasteiger partial charge in [-0.2, -0.15) is 0 Å². The number of aliphatic imine (C=N–C) groups is 1. The Morgan fingerprint density at radius 2 is 2.19 bits per heavy atom. The van der Waals surface area contributed by atoms with Crippen LogP contribution < -0.4 is 5.73 Å². The topological polar surface area (TPSA) is 41.6 Å². The monoisotopic (exact) mass is 339 g/mol. The summed E-state index contributed by atoms with van der Waals surface area (Å²) in [5.74, 6) is 0.553. The number of rotatable bonds is 3. The molecule has 0 radical (unpaired) electrons. The molecule has 0 aliphatic carbocycles. The Labute approximate surface area is 138 Å². The third-order valence-electron chi connectivity index (χ3n) is 3.83. The Balaban J connectivity index is 1.98. The first-order valence-corrected chi connectivity index (χ1v) is 8.20. The van der Waals surface area contributed by atoms with Crippen molar-refractivity contribution in [1.82, 2.24) is 4.90 Å². The van der Waals surface area contributed by atoms with Crippen molar-refractivity contribution in [2.24, 2.45) is 10.7 Å². The van der Waals surface area contributed by atoms with E-state index in [1.54, 1.807) is 17.4 Å². The fourth-order valence-electron chi connectivity index (χ4n) is 2.63. The second-order valence-corrected chi connectivity index (χ2v) is 7.11. The zero-order valence-corrected chi connectivity index (χ0v) is 13.8. The van der Waals surface area contributed by atoms with Gasteiger partial charge in [0.15, 0.2) is 5.96 Å². The van der Waals surface area contributed by atoms with E-state index in [9.17, 15) is 0 Å². The summed E-state index contributed by atoms with van der Waals surface area (Å²) in [6.07, 6.45) is 0. The van der Waals surface area contributed by atoms with Gasteiger partial charge in [0.25, 0.3) is 0 Å². The molecule has 1 aromatic heterocycles. The van der Waals surface area contributed by atoms with Crippen LogP contribution in [0.15, 0.2) is 40.7 Å². The lowest BCUT2D eigenvalue weighted by Gasteiger charge is -2.37. The van der Waals surface area contributed by atoms with Crippen molar-refractivity contribution in [3.05, 3.63) is 56.2 Å². The lowest BCUT2D eigenvalue weighted by molar-refractivity contribution is 0.219. The smallest absolute Gasteiger partial charge is 0.192 e. The molecule has 3 nitrogen and oxygen atoms in total. The third kappa shape index (κ3) is 2.63. The van der Waals surface area contributed by atoms with Gasteiger partial charge in [-0.1, -0.05) is 35.3 Å². The molecule has 21 heavy (non-hydrogen) atoms. The van der Waals surface area contributed by atoms with Gasteiger partial charge in [-0.15, -0.1) is 11.3 Å². The van der Waals surface area contributed by atoms with Crippen molar-refractivity contribution in [2.75, 3.05) is 6.54 Å². The molecule has 3 rings (SSSR count). The molecule has 0 amide bonds. The summed E-state index contributed by atoms with van der Waals surface area (Å²) in [7, 11) is 0. The molecule has 1 unspecified atom stereocenters. The molecule has 6 heteroatoms. The minimum absolute atomic E-state index is 0.351. The van der Waals surface area contributed by atoms with E-state index in [0.717, 1.165) is 12.1 Å². The van der Waals surface area contributed by atoms with E-state index in [1.165, 1.54) is 4.88 Å². The second-order valence-electron chi connectivity index (χ2n) is 5.24. The molecule has 2 aromatic rings. The van der Waals surface area contributed by atoms with Gasteiger partial charge in [-0.3, -0.25) is 4.99 Å². The third-order valence-corrected chi connectivity index (χ3v) is 5.24. The van der Waals surface area contributed by atoms with E-state index in [2.05, 4.69) is 28.3 Å². The van der Waals surface area contributed by atoms with Crippen LogP contribution in [0.5, 0.6) is 0 Å². The molecule has 0 saturated heterocycles. The lowest BCUT2D eigenvalue weighted by Crippen LogP contribution is -2.46. The number of halogens is 2. The predicted molar refractivity (Wildman–Crippen MR) is 90.2 cm³/mol. The van der Waals surface area contributed by atoms with Gasteiger partial charge >= 0.3 is 0 Å². The second kappa shape index (κ2) is 5.52. The zero-order chi connectivity index (χ0) is 15.0. The fourth-order valence-corrected chi connectivity index (χ4v) is 3.93. The minimum Gasteiger partial charge on any atom is -0.370 e. The molecular formula is C15H15Cl2N3S. The van der Waals surface area contributed by atoms with E-state index in [4.69, 9.17) is 28.9 Å². The number of hydrogen-bond donors (Lipinski definition) is 1. The predicted octanol–water partition coefficient (Wildman–Crippen LogP) is 4.10. The Bertz CT molecular complexity index is 684. The largest absolute Gasteiger partial charge is 0.370 e. The lowest BCUT2D eigenvalue weighted by atomic mass is 9.91. The average molecular weight is 340 g/mol. The summed E-state index contributed by atoms with van der Waals surface area (Å²) in [6, 6.07) is 9.71. The van der Waals surface area contributed by atoms with Crippen LogP contribution in [0.4, 0.5) is 0 Å². The fraction of sp³-hybridized carbons (Fsp3) is 0.267. The van der Waals surface area contributed by atoms with Crippen LogP contribution in [0.2, 0.25) is 10.0 Å². The van der Waals surface area contributed by atoms with Crippen LogP contribution in [0.1, 0.15) is 17.4 Å². The molecule has 110 valence electrons. The van der Waals surface area contributed by atoms with Crippen molar-refractivity contribution < 1.29 is 0 Å². The van der Waals surface area contributed by atoms with Gasteiger partial charge in [0.2, 0.25) is 0 Å². The molecule has 1 aromatic carbocycles. The number of nitrogens with two attached hydrogens (primary N) is 1. The van der Waals surface area contributed by atoms with Gasteiger partial charge in [0.1, 0.15) is 0 Å². The van der Waals surface area contributed by atoms with E-state index < -0.39 is 0 Å². The Kier molecular flexibility index (Phi) is 3.86. The van der Waals surface area contributed by atoms with Crippen molar-refractivity contribution in [3.63, 3.8) is 0 Å². The summed E-state index contributed by atoms with van der Waals surface area (Å²) in [5, 5.41) is 3.33. The van der Waals surface area contributed by atoms with Crippen molar-refractivity contribution in [1.29, 1.82) is 0 Å². The first kappa shape index (κ1) is 14.7. The molecule has 0 spiro atoms. The molecule has 1 atom stereocenters. The average Bonchev–Trinajstić information content (AvgIpc) is 3.03. The minimum atomic E-state index is -0.351. The first-order valence-electron chi connectivity index (χ1n) is 6.56. The van der Waals surface area contributed by atoms with E-state index in [-0.39, 0.29) is 5.54 Å². The molecule has 0 saturated carbocycles. The maximum atomic E-state index is 6.39. The van der Waals surface area contributed by atoms with E-state index >= 15 is 0 Å². The van der Waals surface area contributed by atoms with Gasteiger partial charge in [-0.25, -0.2) is 0 Å². The molecule has 0 bridgehead atoms. The number of guanidine groups is 1. The summed E-state index contributed by atoms with van der Waals surface area (Å²) >= 11 is 14.1. The number of nitrogens with zero attached hydrogens (tertiary/aromatic N) is 2. The van der Waals surface area contributed by atoms with E-state index in [1.807, 2.05) is 18.2 Å². The summed E-state index contributed by atoms with van der Waals surface area (Å²) in [4.78, 5) is 7.77. The zero-order valence-electron chi connectivity index (χ0n) is 11.5. The Morgan fingerprint density at radius 1 is 1.38 bits per heavy atom. The van der Waals surface area contributed by atoms with Gasteiger partial charge in [0, 0.05) is 14.9 Å². The molecule has 2 N–H and O–H groups in total. The van der Waals surface area contributed by atoms with Crippen LogP contribution in [0.25, 0.3) is 0 Å². The molecular weight excluding hydrogens is 325 g/mol. The van der Waals surface area contributed by atoms with Gasteiger partial charge < -0.3 is 10.6 Å². The summed E-state index contributed by atoms with van der Waals surface area (Å²) < 4.78 is 0. The van der Waals surface area contributed by atoms with Crippen LogP contribution in [-0.2, 0) is 12.1 Å². The van der Waals surface area contributed by atoms with Crippen LogP contribution >= 0.6 is 34.5 Å².